The molecule has 0 fully saturated rings. The van der Waals surface area contributed by atoms with E-state index in [0.717, 1.165) is 37.7 Å². The predicted octanol–water partition coefficient (Wildman–Crippen LogP) is 4.72. The molecule has 3 rings (SSSR count). The molecule has 1 aliphatic rings. The number of nitrogens with one attached hydrogen (secondary N) is 2. The lowest BCUT2D eigenvalue weighted by Crippen LogP contribution is -2.34. The zero-order valence-corrected chi connectivity index (χ0v) is 18.8. The van der Waals surface area contributed by atoms with Gasteiger partial charge < -0.3 is 14.8 Å². The van der Waals surface area contributed by atoms with Crippen molar-refractivity contribution in [2.24, 2.45) is 0 Å². The summed E-state index contributed by atoms with van der Waals surface area (Å²) in [4.78, 5) is 26.2. The van der Waals surface area contributed by atoms with Crippen molar-refractivity contribution in [1.29, 1.82) is 0 Å². The van der Waals surface area contributed by atoms with Crippen molar-refractivity contribution in [2.45, 2.75) is 46.0 Å². The van der Waals surface area contributed by atoms with Gasteiger partial charge in [-0.3, -0.25) is 10.1 Å². The zero-order chi connectivity index (χ0) is 21.5. The Hall–Kier alpha value is -2.45. The van der Waals surface area contributed by atoms with Gasteiger partial charge in [-0.2, -0.15) is 0 Å². The summed E-state index contributed by atoms with van der Waals surface area (Å²) in [7, 11) is 0. The first-order valence-electron chi connectivity index (χ1n) is 10.2. The van der Waals surface area contributed by atoms with E-state index >= 15 is 0 Å². The van der Waals surface area contributed by atoms with Crippen LogP contribution in [0.15, 0.2) is 24.3 Å². The number of hydrogen-bond acceptors (Lipinski definition) is 6. The Balaban J connectivity index is 1.67. The van der Waals surface area contributed by atoms with Crippen LogP contribution in [0.4, 0.5) is 5.00 Å². The van der Waals surface area contributed by atoms with Gasteiger partial charge in [0.05, 0.1) is 18.8 Å². The van der Waals surface area contributed by atoms with Gasteiger partial charge in [0.2, 0.25) is 0 Å². The van der Waals surface area contributed by atoms with Crippen LogP contribution < -0.4 is 15.4 Å². The lowest BCUT2D eigenvalue weighted by atomic mass is 10.1. The molecule has 0 bridgehead atoms. The molecule has 0 spiro atoms. The molecule has 6 nitrogen and oxygen atoms in total. The molecule has 160 valence electrons. The molecule has 1 amide bonds. The largest absolute Gasteiger partial charge is 0.494 e. The molecule has 1 aromatic carbocycles. The normalized spacial score (nSPS) is 12.2. The van der Waals surface area contributed by atoms with Crippen LogP contribution in [0.25, 0.3) is 0 Å². The topological polar surface area (TPSA) is 76.7 Å². The Labute approximate surface area is 186 Å². The fourth-order valence-corrected chi connectivity index (χ4v) is 4.82. The monoisotopic (exact) mass is 446 g/mol. The molecular formula is C22H26N2O4S2. The number of aryl methyl sites for hydroxylation is 1. The Morgan fingerprint density at radius 1 is 1.23 bits per heavy atom. The van der Waals surface area contributed by atoms with Gasteiger partial charge in [-0.25, -0.2) is 4.79 Å². The van der Waals surface area contributed by atoms with Crippen molar-refractivity contribution in [1.82, 2.24) is 5.32 Å². The minimum absolute atomic E-state index is 0.141. The molecule has 2 N–H and O–H groups in total. The number of unbranched alkanes of at least 4 members (excludes halogenated alkanes) is 1. The minimum atomic E-state index is -0.356. The number of hydrogen-bond donors (Lipinski definition) is 2. The van der Waals surface area contributed by atoms with Crippen LogP contribution in [0.2, 0.25) is 0 Å². The lowest BCUT2D eigenvalue weighted by molar-refractivity contribution is 0.0527. The van der Waals surface area contributed by atoms with Gasteiger partial charge >= 0.3 is 5.97 Å². The number of carbonyl (C=O) groups is 2. The summed E-state index contributed by atoms with van der Waals surface area (Å²) in [5.41, 5.74) is 2.02. The molecule has 1 aliphatic carbocycles. The summed E-state index contributed by atoms with van der Waals surface area (Å²) in [5, 5.41) is 6.47. The summed E-state index contributed by atoms with van der Waals surface area (Å²) in [5.74, 6) is -0.0464. The highest BCUT2D eigenvalue weighted by Gasteiger charge is 2.28. The second-order valence-corrected chi connectivity index (χ2v) is 8.43. The first-order chi connectivity index (χ1) is 14.5. The van der Waals surface area contributed by atoms with Crippen molar-refractivity contribution in [3.8, 4) is 5.75 Å². The van der Waals surface area contributed by atoms with E-state index in [4.69, 9.17) is 21.7 Å². The quantitative estimate of drug-likeness (QED) is 0.347. The fraction of sp³-hybridized carbons (Fsp3) is 0.409. The number of rotatable bonds is 8. The van der Waals surface area contributed by atoms with Crippen LogP contribution in [-0.2, 0) is 17.6 Å². The first kappa shape index (κ1) is 22.2. The van der Waals surface area contributed by atoms with Crippen LogP contribution in [-0.4, -0.2) is 30.2 Å². The molecule has 8 heteroatoms. The Kier molecular flexibility index (Phi) is 7.81. The minimum Gasteiger partial charge on any atom is -0.494 e. The van der Waals surface area contributed by atoms with Gasteiger partial charge in [-0.1, -0.05) is 19.4 Å². The molecule has 0 aliphatic heterocycles. The Morgan fingerprint density at radius 2 is 2.07 bits per heavy atom. The average molecular weight is 447 g/mol. The molecular weight excluding hydrogens is 420 g/mol. The van der Waals surface area contributed by atoms with Crippen molar-refractivity contribution < 1.29 is 19.1 Å². The van der Waals surface area contributed by atoms with E-state index in [1.165, 1.54) is 16.2 Å². The van der Waals surface area contributed by atoms with Gasteiger partial charge in [0.15, 0.2) is 5.11 Å². The van der Waals surface area contributed by atoms with Crippen molar-refractivity contribution in [3.05, 3.63) is 45.8 Å². The van der Waals surface area contributed by atoms with Crippen LogP contribution in [0.5, 0.6) is 5.75 Å². The first-order valence-corrected chi connectivity index (χ1v) is 11.4. The fourth-order valence-electron chi connectivity index (χ4n) is 3.28. The number of fused-ring (bicyclic) bond motifs is 1. The van der Waals surface area contributed by atoms with Gasteiger partial charge in [-0.15, -0.1) is 11.3 Å². The predicted molar refractivity (Wildman–Crippen MR) is 123 cm³/mol. The van der Waals surface area contributed by atoms with Gasteiger partial charge in [0.25, 0.3) is 5.91 Å². The number of thiocarbonyl (C=S) groups is 1. The Morgan fingerprint density at radius 3 is 2.83 bits per heavy atom. The Bertz CT molecular complexity index is 939. The van der Waals surface area contributed by atoms with Gasteiger partial charge in [-0.05, 0) is 68.6 Å². The molecule has 0 atom stereocenters. The highest BCUT2D eigenvalue weighted by Crippen LogP contribution is 2.39. The molecule has 0 saturated carbocycles. The molecule has 1 heterocycles. The molecule has 2 aromatic rings. The summed E-state index contributed by atoms with van der Waals surface area (Å²) in [6.45, 7) is 4.79. The van der Waals surface area contributed by atoms with E-state index in [-0.39, 0.29) is 17.0 Å². The highest BCUT2D eigenvalue weighted by molar-refractivity contribution is 7.80. The SMILES string of the molecule is CCCCOc1cccc(C(=O)NC(=S)Nc2sc3c(c2C(=O)OCC)CCC3)c1. The maximum Gasteiger partial charge on any atom is 0.341 e. The maximum atomic E-state index is 12.6. The third-order valence-corrected chi connectivity index (χ3v) is 6.13. The molecule has 0 unspecified atom stereocenters. The molecule has 0 saturated heterocycles. The van der Waals surface area contributed by atoms with Crippen molar-refractivity contribution in [2.75, 3.05) is 18.5 Å². The third kappa shape index (κ3) is 5.37. The lowest BCUT2D eigenvalue weighted by Gasteiger charge is -2.11. The smallest absolute Gasteiger partial charge is 0.341 e. The van der Waals surface area contributed by atoms with Crippen LogP contribution >= 0.6 is 23.6 Å². The number of ether oxygens (including phenoxy) is 2. The van der Waals surface area contributed by atoms with E-state index in [2.05, 4.69) is 17.6 Å². The number of thiophene rings is 1. The van der Waals surface area contributed by atoms with E-state index in [0.29, 0.717) is 35.1 Å². The molecule has 0 radical (unpaired) electrons. The number of amides is 1. The van der Waals surface area contributed by atoms with Crippen LogP contribution in [0, 0.1) is 0 Å². The number of benzene rings is 1. The summed E-state index contributed by atoms with van der Waals surface area (Å²) in [6, 6.07) is 6.99. The highest BCUT2D eigenvalue weighted by atomic mass is 32.1. The van der Waals surface area contributed by atoms with Crippen LogP contribution in [0.1, 0.15) is 64.3 Å². The number of carbonyl (C=O) groups excluding carboxylic acids is 2. The van der Waals surface area contributed by atoms with E-state index in [9.17, 15) is 9.59 Å². The maximum absolute atomic E-state index is 12.6. The van der Waals surface area contributed by atoms with Crippen LogP contribution in [0.3, 0.4) is 0 Å². The summed E-state index contributed by atoms with van der Waals surface area (Å²) >= 11 is 6.83. The second kappa shape index (κ2) is 10.5. The number of esters is 1. The standard InChI is InChI=1S/C22H26N2O4S2/c1-3-5-12-28-15-9-6-8-14(13-15)19(25)23-22(29)24-20-18(21(26)27-4-2)16-10-7-11-17(16)30-20/h6,8-9,13H,3-5,7,10-12H2,1-2H3,(H2,23,24,25,29). The van der Waals surface area contributed by atoms with Crippen molar-refractivity contribution in [3.63, 3.8) is 0 Å². The zero-order valence-electron chi connectivity index (χ0n) is 17.2. The van der Waals surface area contributed by atoms with Crippen molar-refractivity contribution >= 4 is 45.5 Å². The molecule has 30 heavy (non-hydrogen) atoms. The average Bonchev–Trinajstić information content (AvgIpc) is 3.29. The van der Waals surface area contributed by atoms with E-state index < -0.39 is 0 Å². The van der Waals surface area contributed by atoms with Gasteiger partial charge in [0, 0.05) is 10.4 Å². The second-order valence-electron chi connectivity index (χ2n) is 6.92. The van der Waals surface area contributed by atoms with E-state index in [1.807, 2.05) is 6.07 Å². The van der Waals surface area contributed by atoms with E-state index in [1.54, 1.807) is 25.1 Å². The molecule has 1 aromatic heterocycles. The van der Waals surface area contributed by atoms with Gasteiger partial charge in [0.1, 0.15) is 10.8 Å². The summed E-state index contributed by atoms with van der Waals surface area (Å²) in [6.07, 6.45) is 4.83. The number of anilines is 1. The third-order valence-electron chi connectivity index (χ3n) is 4.72. The summed E-state index contributed by atoms with van der Waals surface area (Å²) < 4.78 is 10.9.